The lowest BCUT2D eigenvalue weighted by Gasteiger charge is -2.43. The van der Waals surface area contributed by atoms with Crippen molar-refractivity contribution in [3.05, 3.63) is 5.89 Å². The van der Waals surface area contributed by atoms with Crippen molar-refractivity contribution in [3.63, 3.8) is 0 Å². The second-order valence-electron chi connectivity index (χ2n) is 15.8. The number of hydrogen-bond donors (Lipinski definition) is 2. The van der Waals surface area contributed by atoms with Crippen LogP contribution in [0.25, 0.3) is 0 Å². The number of carbonyl (C=O) groups is 3. The zero-order valence-electron chi connectivity index (χ0n) is 33.7. The highest BCUT2D eigenvalue weighted by Gasteiger charge is 2.50. The zero-order valence-corrected chi connectivity index (χ0v) is 34.5. The highest BCUT2D eigenvalue weighted by molar-refractivity contribution is 7.81. The quantitative estimate of drug-likeness (QED) is 0.0860. The molecule has 54 heavy (non-hydrogen) atoms. The smallest absolute Gasteiger partial charge is 0.437 e. The number of aromatic nitrogens is 2. The number of nitrogens with zero attached hydrogens (tertiary/aromatic N) is 6. The summed E-state index contributed by atoms with van der Waals surface area (Å²) in [7, 11) is -4.71. The highest BCUT2D eigenvalue weighted by Crippen LogP contribution is 2.40. The molecule has 3 heterocycles. The normalized spacial score (nSPS) is 17.9. The van der Waals surface area contributed by atoms with Crippen LogP contribution >= 0.6 is 0 Å². The number of rotatable bonds is 18. The van der Waals surface area contributed by atoms with Crippen molar-refractivity contribution in [1.82, 2.24) is 35.9 Å². The Morgan fingerprint density at radius 1 is 0.870 bits per heavy atom. The summed E-state index contributed by atoms with van der Waals surface area (Å²) in [4.78, 5) is 44.2. The van der Waals surface area contributed by atoms with Crippen LogP contribution in [0.4, 0.5) is 20.4 Å². The molecule has 0 spiro atoms. The Kier molecular flexibility index (Phi) is 16.1. The molecule has 2 N–H and O–H groups in total. The van der Waals surface area contributed by atoms with Crippen molar-refractivity contribution in [3.8, 4) is 0 Å². The molecule has 0 aliphatic carbocycles. The topological polar surface area (TPSA) is 207 Å². The number of hydrogen-bond acceptors (Lipinski definition) is 14. The minimum Gasteiger partial charge on any atom is -0.444 e. The second-order valence-corrected chi connectivity index (χ2v) is 17.0. The van der Waals surface area contributed by atoms with E-state index in [1.165, 1.54) is 4.90 Å². The average Bonchev–Trinajstić information content (AvgIpc) is 3.60. The van der Waals surface area contributed by atoms with Crippen LogP contribution in [0.2, 0.25) is 0 Å². The van der Waals surface area contributed by atoms with Gasteiger partial charge in [-0.05, 0) is 80.1 Å². The van der Waals surface area contributed by atoms with E-state index in [1.807, 2.05) is 6.92 Å². The van der Waals surface area contributed by atoms with Gasteiger partial charge in [0.05, 0.1) is 6.04 Å². The van der Waals surface area contributed by atoms with Gasteiger partial charge in [-0.3, -0.25) is 10.6 Å². The van der Waals surface area contributed by atoms with Crippen LogP contribution in [0.15, 0.2) is 9.41 Å². The lowest BCUT2D eigenvalue weighted by Crippen LogP contribution is -2.51. The second kappa shape index (κ2) is 19.4. The maximum atomic E-state index is 13.7. The molecule has 0 radical (unpaired) electrons. The molecule has 0 unspecified atom stereocenters. The molecule has 1 aromatic heterocycles. The number of unbranched alkanes of at least 4 members (excludes halogenated alkanes) is 3. The van der Waals surface area contributed by atoms with E-state index in [1.54, 1.807) is 46.6 Å². The summed E-state index contributed by atoms with van der Waals surface area (Å²) in [6.07, 6.45) is 7.40. The molecule has 1 aromatic rings. The summed E-state index contributed by atoms with van der Waals surface area (Å²) in [6, 6.07) is -2.35. The first-order valence-electron chi connectivity index (χ1n) is 19.2. The van der Waals surface area contributed by atoms with Gasteiger partial charge in [-0.1, -0.05) is 71.3 Å². The first-order valence-corrected chi connectivity index (χ1v) is 20.5. The van der Waals surface area contributed by atoms with E-state index in [4.69, 9.17) is 22.5 Å². The van der Waals surface area contributed by atoms with Gasteiger partial charge >= 0.3 is 34.6 Å². The molecule has 0 aromatic carbocycles. The molecule has 2 saturated heterocycles. The third-order valence-electron chi connectivity index (χ3n) is 8.79. The molecular formula is C35H62N8O10S. The Bertz CT molecular complexity index is 1500. The summed E-state index contributed by atoms with van der Waals surface area (Å²) in [5, 5.41) is 15.1. The van der Waals surface area contributed by atoms with Crippen LogP contribution in [-0.4, -0.2) is 93.7 Å². The van der Waals surface area contributed by atoms with Crippen molar-refractivity contribution in [2.45, 2.75) is 175 Å². The third-order valence-corrected chi connectivity index (χ3v) is 9.49. The molecule has 19 heteroatoms. The first kappa shape index (κ1) is 44.8. The summed E-state index contributed by atoms with van der Waals surface area (Å²) >= 11 is 0. The molecular weight excluding hydrogens is 724 g/mol. The number of guanidine groups is 1. The fourth-order valence-corrected chi connectivity index (χ4v) is 7.34. The van der Waals surface area contributed by atoms with Gasteiger partial charge in [0.25, 0.3) is 0 Å². The summed E-state index contributed by atoms with van der Waals surface area (Å²) < 4.78 is 54.8. The Labute approximate surface area is 320 Å². The molecule has 2 bridgehead atoms. The molecule has 2 aliphatic rings. The summed E-state index contributed by atoms with van der Waals surface area (Å²) in [5.74, 6) is -0.392. The summed E-state index contributed by atoms with van der Waals surface area (Å²) in [6.45, 7) is 18.9. The van der Waals surface area contributed by atoms with Crippen molar-refractivity contribution in [2.75, 3.05) is 13.1 Å². The predicted octanol–water partition coefficient (Wildman–Crippen LogP) is 7.18. The molecule has 3 rings (SSSR count). The Balaban J connectivity index is 1.81. The van der Waals surface area contributed by atoms with Gasteiger partial charge in [0.2, 0.25) is 11.9 Å². The number of hydroxylamine groups is 4. The molecule has 308 valence electrons. The van der Waals surface area contributed by atoms with Crippen molar-refractivity contribution in [1.29, 1.82) is 0 Å². The van der Waals surface area contributed by atoms with Crippen LogP contribution in [0.1, 0.15) is 158 Å². The van der Waals surface area contributed by atoms with E-state index in [9.17, 15) is 22.8 Å². The highest BCUT2D eigenvalue weighted by atomic mass is 32.3. The minimum absolute atomic E-state index is 0.0114. The van der Waals surface area contributed by atoms with Gasteiger partial charge in [0.15, 0.2) is 0 Å². The molecule has 2 aliphatic heterocycles. The predicted molar refractivity (Wildman–Crippen MR) is 199 cm³/mol. The number of ether oxygens (including phenoxy) is 2. The Morgan fingerprint density at radius 3 is 1.96 bits per heavy atom. The fourth-order valence-electron chi connectivity index (χ4n) is 6.48. The summed E-state index contributed by atoms with van der Waals surface area (Å²) in [5.41, 5.74) is -2.19. The van der Waals surface area contributed by atoms with Gasteiger partial charge < -0.3 is 18.8 Å². The van der Waals surface area contributed by atoms with E-state index >= 15 is 0 Å². The number of nitrogens with one attached hydrogen (secondary N) is 2. The number of urea groups is 1. The molecule has 0 saturated carbocycles. The van der Waals surface area contributed by atoms with Crippen LogP contribution in [0.5, 0.6) is 0 Å². The average molecular weight is 787 g/mol. The van der Waals surface area contributed by atoms with Crippen molar-refractivity contribution < 1.29 is 45.3 Å². The van der Waals surface area contributed by atoms with Crippen LogP contribution in [0, 0.1) is 0 Å². The van der Waals surface area contributed by atoms with E-state index in [0.717, 1.165) is 69.3 Å². The number of carbonyl (C=O) groups excluding carboxylic acids is 3. The van der Waals surface area contributed by atoms with E-state index in [2.05, 4.69) is 46.6 Å². The van der Waals surface area contributed by atoms with Crippen molar-refractivity contribution >= 4 is 40.6 Å². The van der Waals surface area contributed by atoms with Crippen LogP contribution < -0.4 is 10.6 Å². The van der Waals surface area contributed by atoms with Crippen LogP contribution in [0.3, 0.4) is 0 Å². The largest absolute Gasteiger partial charge is 0.444 e. The monoisotopic (exact) mass is 786 g/mol. The number of fused-ring (bicyclic) bond motifs is 2. The van der Waals surface area contributed by atoms with Gasteiger partial charge in [-0.2, -0.15) is 27.8 Å². The van der Waals surface area contributed by atoms with Gasteiger partial charge in [0.1, 0.15) is 17.2 Å². The van der Waals surface area contributed by atoms with E-state index in [-0.39, 0.29) is 18.5 Å². The first-order chi connectivity index (χ1) is 25.2. The maximum absolute atomic E-state index is 13.7. The standard InChI is InChI=1S/C35H62N8O10S/c1-11-15-21-35(20-14-4,22-16-12-2)42(23-17-13-3)52-54(47,48)53-43-25-18-19-26(41(24-25)32(43)46)27-39-40-29(49-27)36-28(37-30(44)50-33(5,6)7)38-31(45)51-34(8,9)10/h25-26H,11-24H2,1-10H3,(H2,36,37,38,40,44,45)/t25-,26-/m0/s1. The lowest BCUT2D eigenvalue weighted by molar-refractivity contribution is -0.172. The lowest BCUT2D eigenvalue weighted by atomic mass is 9.82. The molecule has 18 nitrogen and oxygen atoms in total. The van der Waals surface area contributed by atoms with Gasteiger partial charge in [-0.15, -0.1) is 9.38 Å². The fraction of sp³-hybridized carbons (Fsp3) is 0.829. The van der Waals surface area contributed by atoms with E-state index < -0.39 is 63.4 Å². The number of aliphatic imine (C=N–C) groups is 1. The molecule has 2 atom stereocenters. The van der Waals surface area contributed by atoms with Crippen molar-refractivity contribution in [2.24, 2.45) is 4.99 Å². The van der Waals surface area contributed by atoms with E-state index in [0.29, 0.717) is 19.4 Å². The Hall–Kier alpha value is -3.55. The van der Waals surface area contributed by atoms with Gasteiger partial charge in [0, 0.05) is 18.6 Å². The Morgan fingerprint density at radius 2 is 1.44 bits per heavy atom. The molecule has 4 amide bonds. The van der Waals surface area contributed by atoms with Crippen LogP contribution in [-0.2, 0) is 28.4 Å². The van der Waals surface area contributed by atoms with Gasteiger partial charge in [-0.25, -0.2) is 14.4 Å². The zero-order chi connectivity index (χ0) is 40.3. The number of piperidine rings is 1. The maximum Gasteiger partial charge on any atom is 0.437 e. The molecule has 2 fully saturated rings. The minimum atomic E-state index is -4.71. The SMILES string of the molecule is CCCCN(OS(=O)(=O)ON1C(=O)N2C[C@@H]1CC[C@H]2c1nnc(N=C(NC(=O)OC(C)(C)C)NC(=O)OC(C)(C)C)o1)C(CCC)(CCCC)CCCC. The third kappa shape index (κ3) is 13.3. The number of amides is 4. The number of alkyl carbamates (subject to hydrolysis) is 2.